The molecule has 0 saturated heterocycles. The molecular formula is C21H29N3O4. The Morgan fingerprint density at radius 2 is 2.00 bits per heavy atom. The molecule has 2 aromatic heterocycles. The number of aryl methyl sites for hydroxylation is 1. The SMILES string of the molecule is CCCCc1cc(=O)oc2nc(ON=C3CCC(C(C)(C)C)CC3)[nH]c(=O)c12. The van der Waals surface area contributed by atoms with Gasteiger partial charge in [0.1, 0.15) is 5.39 Å². The van der Waals surface area contributed by atoms with Crippen LogP contribution in [0.5, 0.6) is 6.01 Å². The summed E-state index contributed by atoms with van der Waals surface area (Å²) in [6, 6.07) is 1.31. The topological polar surface area (TPSA) is 97.5 Å². The summed E-state index contributed by atoms with van der Waals surface area (Å²) in [6.45, 7) is 8.85. The number of H-pyrrole nitrogens is 1. The van der Waals surface area contributed by atoms with Crippen molar-refractivity contribution in [3.8, 4) is 6.01 Å². The minimum atomic E-state index is -0.519. The Morgan fingerprint density at radius 1 is 1.29 bits per heavy atom. The summed E-state index contributed by atoms with van der Waals surface area (Å²) in [7, 11) is 0. The monoisotopic (exact) mass is 387 g/mol. The Bertz CT molecular complexity index is 972. The van der Waals surface area contributed by atoms with E-state index in [1.165, 1.54) is 6.07 Å². The second kappa shape index (κ2) is 8.29. The predicted molar refractivity (Wildman–Crippen MR) is 109 cm³/mol. The molecule has 7 heteroatoms. The van der Waals surface area contributed by atoms with Crippen LogP contribution in [0.2, 0.25) is 0 Å². The van der Waals surface area contributed by atoms with Crippen LogP contribution in [0.1, 0.15) is 71.8 Å². The van der Waals surface area contributed by atoms with Crippen molar-refractivity contribution < 1.29 is 9.25 Å². The number of nitrogens with zero attached hydrogens (tertiary/aromatic N) is 2. The zero-order valence-electron chi connectivity index (χ0n) is 17.1. The van der Waals surface area contributed by atoms with Crippen LogP contribution in [0.4, 0.5) is 0 Å². The molecule has 1 aliphatic rings. The second-order valence-electron chi connectivity index (χ2n) is 8.63. The molecule has 0 unspecified atom stereocenters. The van der Waals surface area contributed by atoms with E-state index in [1.54, 1.807) is 0 Å². The second-order valence-corrected chi connectivity index (χ2v) is 8.63. The van der Waals surface area contributed by atoms with Gasteiger partial charge in [-0.15, -0.1) is 0 Å². The summed E-state index contributed by atoms with van der Waals surface area (Å²) in [5.74, 6) is 0.667. The van der Waals surface area contributed by atoms with Crippen molar-refractivity contribution >= 4 is 16.8 Å². The first-order valence-corrected chi connectivity index (χ1v) is 10.1. The van der Waals surface area contributed by atoms with Crippen molar-refractivity contribution in [2.24, 2.45) is 16.5 Å². The Balaban J connectivity index is 1.80. The van der Waals surface area contributed by atoms with Gasteiger partial charge >= 0.3 is 11.6 Å². The molecule has 0 spiro atoms. The molecule has 0 aliphatic heterocycles. The lowest BCUT2D eigenvalue weighted by atomic mass is 9.72. The molecule has 2 aromatic rings. The number of unbranched alkanes of at least 4 members (excludes halogenated alkanes) is 1. The first-order valence-electron chi connectivity index (χ1n) is 10.1. The fourth-order valence-corrected chi connectivity index (χ4v) is 3.75. The van der Waals surface area contributed by atoms with Crippen LogP contribution < -0.4 is 16.0 Å². The van der Waals surface area contributed by atoms with Crippen molar-refractivity contribution in [3.63, 3.8) is 0 Å². The number of hydrogen-bond donors (Lipinski definition) is 1. The number of fused-ring (bicyclic) bond motifs is 1. The van der Waals surface area contributed by atoms with Gasteiger partial charge in [-0.25, -0.2) is 4.79 Å². The molecular weight excluding hydrogens is 358 g/mol. The molecule has 0 radical (unpaired) electrons. The van der Waals surface area contributed by atoms with Crippen molar-refractivity contribution in [2.45, 2.75) is 72.6 Å². The highest BCUT2D eigenvalue weighted by Gasteiger charge is 2.28. The quantitative estimate of drug-likeness (QED) is 0.776. The molecule has 1 aliphatic carbocycles. The van der Waals surface area contributed by atoms with Crippen LogP contribution in [0, 0.1) is 11.3 Å². The third-order valence-corrected chi connectivity index (χ3v) is 5.52. The predicted octanol–water partition coefficient (Wildman–Crippen LogP) is 4.19. The molecule has 1 saturated carbocycles. The number of aromatic nitrogens is 2. The summed E-state index contributed by atoms with van der Waals surface area (Å²) in [4.78, 5) is 36.5. The van der Waals surface area contributed by atoms with E-state index in [0.717, 1.165) is 44.2 Å². The molecule has 0 amide bonds. The third-order valence-electron chi connectivity index (χ3n) is 5.52. The van der Waals surface area contributed by atoms with Gasteiger partial charge in [-0.2, -0.15) is 4.98 Å². The highest BCUT2D eigenvalue weighted by atomic mass is 16.6. The van der Waals surface area contributed by atoms with Crippen molar-refractivity contribution in [1.29, 1.82) is 0 Å². The molecule has 2 heterocycles. The van der Waals surface area contributed by atoms with E-state index in [0.29, 0.717) is 28.7 Å². The largest absolute Gasteiger partial charge is 0.403 e. The smallest absolute Gasteiger partial charge is 0.337 e. The van der Waals surface area contributed by atoms with Crippen LogP contribution in [0.3, 0.4) is 0 Å². The van der Waals surface area contributed by atoms with Gasteiger partial charge in [-0.1, -0.05) is 39.3 Å². The lowest BCUT2D eigenvalue weighted by Crippen LogP contribution is -2.26. The van der Waals surface area contributed by atoms with Gasteiger partial charge in [-0.05, 0) is 55.4 Å². The van der Waals surface area contributed by atoms with Gasteiger partial charge < -0.3 is 9.25 Å². The van der Waals surface area contributed by atoms with Gasteiger partial charge in [0.05, 0.1) is 5.71 Å². The number of nitrogens with one attached hydrogen (secondary N) is 1. The number of hydrogen-bond acceptors (Lipinski definition) is 6. The van der Waals surface area contributed by atoms with Gasteiger partial charge in [0.2, 0.25) is 5.71 Å². The van der Waals surface area contributed by atoms with Gasteiger partial charge in [0.15, 0.2) is 0 Å². The normalized spacial score (nSPS) is 17.7. The first-order chi connectivity index (χ1) is 13.3. The molecule has 1 N–H and O–H groups in total. The maximum absolute atomic E-state index is 12.5. The van der Waals surface area contributed by atoms with E-state index in [1.807, 2.05) is 0 Å². The maximum atomic E-state index is 12.5. The lowest BCUT2D eigenvalue weighted by Gasteiger charge is -2.34. The molecule has 7 nitrogen and oxygen atoms in total. The van der Waals surface area contributed by atoms with E-state index in [9.17, 15) is 9.59 Å². The van der Waals surface area contributed by atoms with E-state index < -0.39 is 5.63 Å². The molecule has 3 rings (SSSR count). The highest BCUT2D eigenvalue weighted by Crippen LogP contribution is 2.36. The van der Waals surface area contributed by atoms with E-state index in [-0.39, 0.29) is 17.3 Å². The van der Waals surface area contributed by atoms with Crippen molar-refractivity contribution in [3.05, 3.63) is 32.4 Å². The molecule has 0 bridgehead atoms. The first kappa shape index (κ1) is 20.3. The number of aromatic amines is 1. The Morgan fingerprint density at radius 3 is 2.64 bits per heavy atom. The van der Waals surface area contributed by atoms with Crippen molar-refractivity contribution in [2.75, 3.05) is 0 Å². The van der Waals surface area contributed by atoms with E-state index in [2.05, 4.69) is 42.8 Å². The average Bonchev–Trinajstić information content (AvgIpc) is 2.63. The Hall–Kier alpha value is -2.44. The van der Waals surface area contributed by atoms with Gasteiger partial charge in [-0.3, -0.25) is 9.78 Å². The van der Waals surface area contributed by atoms with Crippen LogP contribution in [0.15, 0.2) is 25.2 Å². The number of oxime groups is 1. The summed E-state index contributed by atoms with van der Waals surface area (Å²) in [5, 5.41) is 4.48. The summed E-state index contributed by atoms with van der Waals surface area (Å²) in [5.41, 5.74) is 1.00. The summed E-state index contributed by atoms with van der Waals surface area (Å²) < 4.78 is 5.13. The number of rotatable bonds is 5. The van der Waals surface area contributed by atoms with Crippen LogP contribution >= 0.6 is 0 Å². The fraction of sp³-hybridized carbons (Fsp3) is 0.619. The average molecular weight is 387 g/mol. The third kappa shape index (κ3) is 4.69. The van der Waals surface area contributed by atoms with Crippen molar-refractivity contribution in [1.82, 2.24) is 9.97 Å². The molecule has 28 heavy (non-hydrogen) atoms. The molecule has 0 aromatic carbocycles. The van der Waals surface area contributed by atoms with Gasteiger partial charge in [0, 0.05) is 6.07 Å². The lowest BCUT2D eigenvalue weighted by molar-refractivity contribution is 0.205. The Kier molecular flexibility index (Phi) is 6.01. The van der Waals surface area contributed by atoms with Crippen LogP contribution in [-0.4, -0.2) is 15.7 Å². The fourth-order valence-electron chi connectivity index (χ4n) is 3.75. The summed E-state index contributed by atoms with van der Waals surface area (Å²) in [6.07, 6.45) is 6.35. The molecule has 152 valence electrons. The van der Waals surface area contributed by atoms with Gasteiger partial charge in [0.25, 0.3) is 5.56 Å². The van der Waals surface area contributed by atoms with E-state index >= 15 is 0 Å². The standard InChI is InChI=1S/C21H29N3O4/c1-5-6-7-13-12-16(25)27-19-17(13)18(26)22-20(23-19)28-24-15-10-8-14(9-11-15)21(2,3)4/h12,14H,5-11H2,1-4H3,(H,22,23,26). The molecule has 0 atom stereocenters. The minimum absolute atomic E-state index is 0.00556. The molecule has 1 fully saturated rings. The maximum Gasteiger partial charge on any atom is 0.337 e. The van der Waals surface area contributed by atoms with Crippen LogP contribution in [-0.2, 0) is 6.42 Å². The van der Waals surface area contributed by atoms with Crippen LogP contribution in [0.25, 0.3) is 11.1 Å². The minimum Gasteiger partial charge on any atom is -0.403 e. The van der Waals surface area contributed by atoms with E-state index in [4.69, 9.17) is 9.25 Å². The highest BCUT2D eigenvalue weighted by molar-refractivity contribution is 5.84. The zero-order chi connectivity index (χ0) is 20.3. The zero-order valence-corrected chi connectivity index (χ0v) is 17.1. The summed E-state index contributed by atoms with van der Waals surface area (Å²) >= 11 is 0. The Labute approximate surface area is 164 Å².